The Labute approximate surface area is 119 Å². The van der Waals surface area contributed by atoms with Crippen LogP contribution in [-0.4, -0.2) is 19.1 Å². The van der Waals surface area contributed by atoms with E-state index in [1.54, 1.807) is 13.0 Å². The van der Waals surface area contributed by atoms with Crippen molar-refractivity contribution in [2.45, 2.75) is 26.8 Å². The number of ether oxygens (including phenoxy) is 1. The third kappa shape index (κ3) is 5.49. The van der Waals surface area contributed by atoms with Gasteiger partial charge in [-0.3, -0.25) is 4.79 Å². The summed E-state index contributed by atoms with van der Waals surface area (Å²) in [6.45, 7) is 5.75. The van der Waals surface area contributed by atoms with E-state index < -0.39 is 0 Å². The highest BCUT2D eigenvalue weighted by atomic mass is 35.5. The van der Waals surface area contributed by atoms with Crippen molar-refractivity contribution in [3.63, 3.8) is 0 Å². The highest BCUT2D eigenvalue weighted by Gasteiger charge is 2.11. The van der Waals surface area contributed by atoms with E-state index in [9.17, 15) is 4.79 Å². The molecule has 1 unspecified atom stereocenters. The minimum Gasteiger partial charge on any atom is -0.492 e. The van der Waals surface area contributed by atoms with Gasteiger partial charge in [-0.25, -0.2) is 0 Å². The number of carbonyl (C=O) groups is 1. The maximum absolute atomic E-state index is 11.0. The van der Waals surface area contributed by atoms with Crippen LogP contribution < -0.4 is 15.8 Å². The van der Waals surface area contributed by atoms with E-state index in [-0.39, 0.29) is 18.4 Å². The van der Waals surface area contributed by atoms with E-state index in [1.165, 1.54) is 0 Å². The van der Waals surface area contributed by atoms with Crippen LogP contribution in [0.1, 0.15) is 25.8 Å². The summed E-state index contributed by atoms with van der Waals surface area (Å²) in [5, 5.41) is 3.97. The van der Waals surface area contributed by atoms with Crippen molar-refractivity contribution in [1.29, 1.82) is 0 Å². The average molecular weight is 285 g/mol. The quantitative estimate of drug-likeness (QED) is 0.720. The normalized spacial score (nSPS) is 12.2. The van der Waals surface area contributed by atoms with Crippen LogP contribution in [0.5, 0.6) is 5.75 Å². The molecule has 0 saturated heterocycles. The largest absolute Gasteiger partial charge is 0.492 e. The molecule has 0 saturated carbocycles. The van der Waals surface area contributed by atoms with Crippen molar-refractivity contribution in [3.8, 4) is 5.75 Å². The van der Waals surface area contributed by atoms with E-state index in [4.69, 9.17) is 22.1 Å². The van der Waals surface area contributed by atoms with Crippen LogP contribution >= 0.6 is 11.6 Å². The smallest absolute Gasteiger partial charge is 0.223 e. The lowest BCUT2D eigenvalue weighted by Gasteiger charge is -2.14. The van der Waals surface area contributed by atoms with Crippen molar-refractivity contribution >= 4 is 17.5 Å². The van der Waals surface area contributed by atoms with Crippen LogP contribution in [0.25, 0.3) is 0 Å². The number of benzene rings is 1. The molecule has 0 aromatic heterocycles. The summed E-state index contributed by atoms with van der Waals surface area (Å²) < 4.78 is 5.65. The summed E-state index contributed by atoms with van der Waals surface area (Å²) in [4.78, 5) is 11.0. The first-order valence-corrected chi connectivity index (χ1v) is 6.83. The minimum absolute atomic E-state index is 0.276. The molecule has 4 nitrogen and oxygen atoms in total. The Balaban J connectivity index is 2.67. The van der Waals surface area contributed by atoms with E-state index in [0.717, 1.165) is 24.3 Å². The number of amides is 1. The number of rotatable bonds is 8. The molecule has 1 atom stereocenters. The fourth-order valence-corrected chi connectivity index (χ4v) is 1.72. The van der Waals surface area contributed by atoms with Gasteiger partial charge in [0.15, 0.2) is 0 Å². The topological polar surface area (TPSA) is 64.3 Å². The number of primary amides is 1. The van der Waals surface area contributed by atoms with Crippen LogP contribution in [0.15, 0.2) is 18.2 Å². The van der Waals surface area contributed by atoms with Gasteiger partial charge in [0.25, 0.3) is 0 Å². The van der Waals surface area contributed by atoms with Gasteiger partial charge >= 0.3 is 0 Å². The number of carbonyl (C=O) groups excluding carboxylic acids is 1. The summed E-state index contributed by atoms with van der Waals surface area (Å²) >= 11 is 5.99. The van der Waals surface area contributed by atoms with E-state index in [2.05, 4.69) is 12.2 Å². The highest BCUT2D eigenvalue weighted by Crippen LogP contribution is 2.23. The van der Waals surface area contributed by atoms with Crippen LogP contribution in [0.3, 0.4) is 0 Å². The molecule has 0 heterocycles. The zero-order chi connectivity index (χ0) is 14.3. The average Bonchev–Trinajstić information content (AvgIpc) is 2.37. The van der Waals surface area contributed by atoms with Gasteiger partial charge in [-0.1, -0.05) is 25.4 Å². The maximum atomic E-state index is 11.0. The second-order valence-electron chi connectivity index (χ2n) is 4.54. The van der Waals surface area contributed by atoms with Crippen molar-refractivity contribution in [3.05, 3.63) is 28.8 Å². The lowest BCUT2D eigenvalue weighted by Crippen LogP contribution is -2.26. The first kappa shape index (κ1) is 15.8. The summed E-state index contributed by atoms with van der Waals surface area (Å²) in [6.07, 6.45) is 1.06. The number of nitrogens with one attached hydrogen (secondary N) is 1. The Morgan fingerprint density at radius 1 is 1.53 bits per heavy atom. The molecule has 1 aromatic rings. The molecule has 0 aliphatic heterocycles. The Morgan fingerprint density at radius 2 is 2.26 bits per heavy atom. The van der Waals surface area contributed by atoms with Crippen molar-refractivity contribution in [2.24, 2.45) is 11.7 Å². The molecule has 0 spiro atoms. The number of halogens is 1. The first-order chi connectivity index (χ1) is 9.04. The van der Waals surface area contributed by atoms with Crippen molar-refractivity contribution < 1.29 is 9.53 Å². The molecule has 1 amide bonds. The summed E-state index contributed by atoms with van der Waals surface area (Å²) in [5.41, 5.74) is 6.19. The van der Waals surface area contributed by atoms with E-state index in [0.29, 0.717) is 11.6 Å². The van der Waals surface area contributed by atoms with Gasteiger partial charge < -0.3 is 15.8 Å². The van der Waals surface area contributed by atoms with Gasteiger partial charge in [-0.2, -0.15) is 0 Å². The predicted octanol–water partition coefficient (Wildman–Crippen LogP) is 2.34. The molecule has 1 rings (SSSR count). The first-order valence-electron chi connectivity index (χ1n) is 6.45. The lowest BCUT2D eigenvalue weighted by atomic mass is 10.1. The van der Waals surface area contributed by atoms with Crippen LogP contribution in [0.2, 0.25) is 5.02 Å². The van der Waals surface area contributed by atoms with Crippen LogP contribution in [0.4, 0.5) is 0 Å². The molecule has 0 bridgehead atoms. The molecular weight excluding hydrogens is 264 g/mol. The summed E-state index contributed by atoms with van der Waals surface area (Å²) in [6, 6.07) is 5.46. The molecule has 1 aromatic carbocycles. The van der Waals surface area contributed by atoms with Gasteiger partial charge in [-0.05, 0) is 31.2 Å². The fraction of sp³-hybridized carbons (Fsp3) is 0.500. The van der Waals surface area contributed by atoms with Gasteiger partial charge in [-0.15, -0.1) is 0 Å². The van der Waals surface area contributed by atoms with Gasteiger partial charge in [0.1, 0.15) is 5.75 Å². The van der Waals surface area contributed by atoms with Gasteiger partial charge in [0, 0.05) is 17.1 Å². The molecular formula is C14H21ClN2O2. The van der Waals surface area contributed by atoms with E-state index in [1.807, 2.05) is 12.1 Å². The van der Waals surface area contributed by atoms with Crippen molar-refractivity contribution in [1.82, 2.24) is 5.32 Å². The molecule has 5 heteroatoms. The van der Waals surface area contributed by atoms with Crippen LogP contribution in [-0.2, 0) is 11.3 Å². The van der Waals surface area contributed by atoms with Crippen molar-refractivity contribution in [2.75, 3.05) is 13.2 Å². The third-order valence-corrected chi connectivity index (χ3v) is 2.97. The third-order valence-electron chi connectivity index (χ3n) is 2.74. The molecule has 0 aliphatic carbocycles. The monoisotopic (exact) mass is 284 g/mol. The number of hydrogen-bond acceptors (Lipinski definition) is 3. The van der Waals surface area contributed by atoms with Gasteiger partial charge in [0.2, 0.25) is 5.91 Å². The zero-order valence-electron chi connectivity index (χ0n) is 11.4. The SMILES string of the molecule is CCCNCc1cc(Cl)ccc1OCC(C)C(N)=O. The van der Waals surface area contributed by atoms with E-state index >= 15 is 0 Å². The Kier molecular flexibility index (Phi) is 6.67. The molecule has 0 radical (unpaired) electrons. The minimum atomic E-state index is -0.361. The molecule has 3 N–H and O–H groups in total. The molecule has 0 aliphatic rings. The summed E-state index contributed by atoms with van der Waals surface area (Å²) in [7, 11) is 0. The van der Waals surface area contributed by atoms with Gasteiger partial charge in [0.05, 0.1) is 12.5 Å². The maximum Gasteiger partial charge on any atom is 0.223 e. The lowest BCUT2D eigenvalue weighted by molar-refractivity contribution is -0.122. The highest BCUT2D eigenvalue weighted by molar-refractivity contribution is 6.30. The molecule has 0 fully saturated rings. The Hall–Kier alpha value is -1.26. The molecule has 106 valence electrons. The Bertz CT molecular complexity index is 424. The van der Waals surface area contributed by atoms with Crippen LogP contribution in [0, 0.1) is 5.92 Å². The predicted molar refractivity (Wildman–Crippen MR) is 77.3 cm³/mol. The summed E-state index contributed by atoms with van der Waals surface area (Å²) in [5.74, 6) is 0.0628. The standard InChI is InChI=1S/C14H21ClN2O2/c1-3-6-17-8-11-7-12(15)4-5-13(11)19-9-10(2)14(16)18/h4-5,7,10,17H,3,6,8-9H2,1-2H3,(H2,16,18). The Morgan fingerprint density at radius 3 is 2.89 bits per heavy atom. The molecule has 19 heavy (non-hydrogen) atoms. The number of hydrogen-bond donors (Lipinski definition) is 2. The fourth-order valence-electron chi connectivity index (χ4n) is 1.52. The number of nitrogens with two attached hydrogens (primary N) is 1. The zero-order valence-corrected chi connectivity index (χ0v) is 12.2. The second kappa shape index (κ2) is 8.02. The second-order valence-corrected chi connectivity index (χ2v) is 4.98.